The maximum Gasteiger partial charge on any atom is 0.0215 e. The molecule has 0 aromatic carbocycles. The highest BCUT2D eigenvalue weighted by atomic mass is 15.3. The Balaban J connectivity index is 1.99. The van der Waals surface area contributed by atoms with E-state index in [1.165, 1.54) is 32.4 Å². The molecule has 0 saturated carbocycles. The number of nitrogens with zero attached hydrogens (tertiary/aromatic N) is 2. The summed E-state index contributed by atoms with van der Waals surface area (Å²) in [6.45, 7) is 30.6. The molecule has 0 amide bonds. The maximum absolute atomic E-state index is 3.88. The van der Waals surface area contributed by atoms with Crippen LogP contribution in [0.3, 0.4) is 0 Å². The quantitative estimate of drug-likeness (QED) is 0.678. The lowest BCUT2D eigenvalue weighted by Gasteiger charge is -2.43. The van der Waals surface area contributed by atoms with Gasteiger partial charge in [0.1, 0.15) is 0 Å². The monoisotopic (exact) mass is 408 g/mol. The zero-order chi connectivity index (χ0) is 22.3. The Morgan fingerprint density at radius 1 is 0.828 bits per heavy atom. The molecule has 2 heterocycles. The minimum absolute atomic E-state index is 0.180. The summed E-state index contributed by atoms with van der Waals surface area (Å²) in [6, 6.07) is 1.88. The van der Waals surface area contributed by atoms with Crippen LogP contribution in [0.15, 0.2) is 0 Å². The van der Waals surface area contributed by atoms with E-state index in [4.69, 9.17) is 0 Å². The van der Waals surface area contributed by atoms with Gasteiger partial charge in [-0.25, -0.2) is 0 Å². The lowest BCUT2D eigenvalue weighted by atomic mass is 9.90. The molecule has 2 N–H and O–H groups in total. The zero-order valence-electron chi connectivity index (χ0n) is 21.6. The van der Waals surface area contributed by atoms with E-state index >= 15 is 0 Å². The van der Waals surface area contributed by atoms with Gasteiger partial charge in [-0.05, 0) is 80.1 Å². The second-order valence-corrected chi connectivity index (χ2v) is 13.7. The van der Waals surface area contributed by atoms with E-state index in [1.807, 2.05) is 0 Å². The van der Waals surface area contributed by atoms with Gasteiger partial charge in [-0.2, -0.15) is 0 Å². The fourth-order valence-electron chi connectivity index (χ4n) is 5.28. The van der Waals surface area contributed by atoms with Crippen molar-refractivity contribution in [3.63, 3.8) is 0 Å². The molecule has 0 aromatic heterocycles. The Hall–Kier alpha value is -0.160. The lowest BCUT2D eigenvalue weighted by Crippen LogP contribution is -2.52. The van der Waals surface area contributed by atoms with Crippen LogP contribution in [0.25, 0.3) is 0 Å². The minimum Gasteiger partial charge on any atom is -0.312 e. The van der Waals surface area contributed by atoms with Crippen LogP contribution in [0.1, 0.15) is 95.4 Å². The van der Waals surface area contributed by atoms with Crippen LogP contribution in [0.4, 0.5) is 0 Å². The molecule has 0 bridgehead atoms. The summed E-state index contributed by atoms with van der Waals surface area (Å²) in [5, 5.41) is 7.70. The van der Waals surface area contributed by atoms with E-state index in [0.29, 0.717) is 23.5 Å². The van der Waals surface area contributed by atoms with Crippen molar-refractivity contribution in [2.24, 2.45) is 5.41 Å². The lowest BCUT2D eigenvalue weighted by molar-refractivity contribution is 0.0612. The molecule has 1 unspecified atom stereocenters. The second kappa shape index (κ2) is 8.76. The first-order chi connectivity index (χ1) is 13.0. The van der Waals surface area contributed by atoms with Crippen molar-refractivity contribution in [1.29, 1.82) is 0 Å². The van der Waals surface area contributed by atoms with Crippen molar-refractivity contribution < 1.29 is 0 Å². The number of nitrogens with one attached hydrogen (secondary N) is 2. The highest BCUT2D eigenvalue weighted by molar-refractivity contribution is 5.01. The van der Waals surface area contributed by atoms with Crippen molar-refractivity contribution in [1.82, 2.24) is 20.4 Å². The first-order valence-corrected chi connectivity index (χ1v) is 12.0. The minimum atomic E-state index is 0.180. The van der Waals surface area contributed by atoms with Gasteiger partial charge in [0.15, 0.2) is 0 Å². The van der Waals surface area contributed by atoms with Crippen LogP contribution in [-0.4, -0.2) is 70.7 Å². The van der Waals surface area contributed by atoms with Crippen LogP contribution >= 0.6 is 0 Å². The number of hydrogen-bond acceptors (Lipinski definition) is 4. The topological polar surface area (TPSA) is 30.5 Å². The van der Waals surface area contributed by atoms with Gasteiger partial charge in [-0.1, -0.05) is 20.8 Å². The molecule has 4 nitrogen and oxygen atoms in total. The van der Waals surface area contributed by atoms with Gasteiger partial charge in [0.25, 0.3) is 0 Å². The van der Waals surface area contributed by atoms with E-state index in [2.05, 4.69) is 96.6 Å². The average Bonchev–Trinajstić information content (AvgIpc) is 3.09. The third-order valence-corrected chi connectivity index (χ3v) is 6.61. The standard InChI is InChI=1S/C25H52N4/c1-22(2,3)18-26-19-12-13-28(16-19)25(10,11)15-21-14-20(27-23(4,5)6)17-29(21)24(7,8)9/h19-21,26-27H,12-18H2,1-11H3/t19-,20+,21?/m0/s1. The van der Waals surface area contributed by atoms with Gasteiger partial charge >= 0.3 is 0 Å². The van der Waals surface area contributed by atoms with E-state index in [-0.39, 0.29) is 16.6 Å². The Morgan fingerprint density at radius 2 is 1.45 bits per heavy atom. The van der Waals surface area contributed by atoms with Crippen LogP contribution in [0.5, 0.6) is 0 Å². The Morgan fingerprint density at radius 3 is 1.97 bits per heavy atom. The third-order valence-electron chi connectivity index (χ3n) is 6.61. The van der Waals surface area contributed by atoms with E-state index in [1.54, 1.807) is 0 Å². The molecule has 3 atom stereocenters. The van der Waals surface area contributed by atoms with Crippen LogP contribution in [0, 0.1) is 5.41 Å². The van der Waals surface area contributed by atoms with Crippen molar-refractivity contribution in [3.05, 3.63) is 0 Å². The summed E-state index contributed by atoms with van der Waals surface area (Å²) >= 11 is 0. The fraction of sp³-hybridized carbons (Fsp3) is 1.00. The van der Waals surface area contributed by atoms with Gasteiger partial charge < -0.3 is 10.6 Å². The van der Waals surface area contributed by atoms with Gasteiger partial charge in [-0.3, -0.25) is 9.80 Å². The molecule has 0 spiro atoms. The summed E-state index contributed by atoms with van der Waals surface area (Å²) in [4.78, 5) is 5.52. The van der Waals surface area contributed by atoms with Crippen molar-refractivity contribution in [2.45, 2.75) is 130 Å². The van der Waals surface area contributed by atoms with Crippen LogP contribution in [0.2, 0.25) is 0 Å². The summed E-state index contributed by atoms with van der Waals surface area (Å²) in [5.41, 5.74) is 0.994. The number of likely N-dealkylation sites (tertiary alicyclic amines) is 2. The predicted molar refractivity (Wildman–Crippen MR) is 128 cm³/mol. The number of hydrogen-bond donors (Lipinski definition) is 2. The SMILES string of the molecule is CC(C)(C)CN[C@H]1CCN(C(C)(C)CC2C[C@@H](NC(C)(C)C)CN2C(C)(C)C)C1. The summed E-state index contributed by atoms with van der Waals surface area (Å²) < 4.78 is 0. The normalized spacial score (nSPS) is 28.4. The molecule has 172 valence electrons. The van der Waals surface area contributed by atoms with Crippen LogP contribution in [-0.2, 0) is 0 Å². The predicted octanol–water partition coefficient (Wildman–Crippen LogP) is 4.49. The largest absolute Gasteiger partial charge is 0.312 e. The molecule has 2 rings (SSSR count). The molecule has 4 heteroatoms. The smallest absolute Gasteiger partial charge is 0.0215 e. The van der Waals surface area contributed by atoms with E-state index < -0.39 is 0 Å². The average molecular weight is 409 g/mol. The first-order valence-electron chi connectivity index (χ1n) is 12.0. The molecular formula is C25H52N4. The highest BCUT2D eigenvalue weighted by Gasteiger charge is 2.43. The first kappa shape index (κ1) is 25.1. The zero-order valence-corrected chi connectivity index (χ0v) is 21.6. The molecule has 0 radical (unpaired) electrons. The number of rotatable bonds is 6. The van der Waals surface area contributed by atoms with Crippen molar-refractivity contribution in [2.75, 3.05) is 26.2 Å². The van der Waals surface area contributed by atoms with Gasteiger partial charge in [0.05, 0.1) is 0 Å². The van der Waals surface area contributed by atoms with Crippen molar-refractivity contribution >= 4 is 0 Å². The summed E-state index contributed by atoms with van der Waals surface area (Å²) in [6.07, 6.45) is 3.79. The molecule has 2 fully saturated rings. The third kappa shape index (κ3) is 7.79. The fourth-order valence-corrected chi connectivity index (χ4v) is 5.28. The molecule has 2 aliphatic heterocycles. The molecular weight excluding hydrogens is 356 g/mol. The van der Waals surface area contributed by atoms with E-state index in [9.17, 15) is 0 Å². The molecule has 2 saturated heterocycles. The van der Waals surface area contributed by atoms with Gasteiger partial charge in [0, 0.05) is 60.9 Å². The van der Waals surface area contributed by atoms with E-state index in [0.717, 1.165) is 13.1 Å². The van der Waals surface area contributed by atoms with Gasteiger partial charge in [-0.15, -0.1) is 0 Å². The Labute approximate surface area is 182 Å². The van der Waals surface area contributed by atoms with Gasteiger partial charge in [0.2, 0.25) is 0 Å². The van der Waals surface area contributed by atoms with Crippen molar-refractivity contribution in [3.8, 4) is 0 Å². The molecule has 29 heavy (non-hydrogen) atoms. The van der Waals surface area contributed by atoms with Crippen LogP contribution < -0.4 is 10.6 Å². The summed E-state index contributed by atoms with van der Waals surface area (Å²) in [5.74, 6) is 0. The molecule has 0 aromatic rings. The Bertz CT molecular complexity index is 520. The summed E-state index contributed by atoms with van der Waals surface area (Å²) in [7, 11) is 0. The maximum atomic E-state index is 3.88. The molecule has 2 aliphatic rings. The second-order valence-electron chi connectivity index (χ2n) is 13.7. The Kier molecular flexibility index (Phi) is 7.59. The molecule has 0 aliphatic carbocycles. The highest BCUT2D eigenvalue weighted by Crippen LogP contribution is 2.35.